The van der Waals surface area contributed by atoms with Gasteiger partial charge in [-0.2, -0.15) is 0 Å². The molecule has 0 aliphatic carbocycles. The number of carbonyl (C=O) groups excluding carboxylic acids is 1. The quantitative estimate of drug-likeness (QED) is 0.702. The molecular formula is C19H17NO. The van der Waals surface area contributed by atoms with Crippen LogP contribution in [0.15, 0.2) is 66.7 Å². The number of rotatable bonds is 4. The fourth-order valence-corrected chi connectivity index (χ4v) is 2.47. The van der Waals surface area contributed by atoms with Crippen molar-refractivity contribution in [2.45, 2.75) is 13.5 Å². The van der Waals surface area contributed by atoms with Gasteiger partial charge in [-0.1, -0.05) is 42.5 Å². The van der Waals surface area contributed by atoms with Crippen molar-refractivity contribution < 1.29 is 4.79 Å². The topological polar surface area (TPSA) is 29.1 Å². The normalized spacial score (nSPS) is 10.5. The fraction of sp³-hybridized carbons (Fsp3) is 0.105. The van der Waals surface area contributed by atoms with Gasteiger partial charge in [0.25, 0.3) is 0 Å². The van der Waals surface area contributed by atoms with Gasteiger partial charge in [-0.15, -0.1) is 0 Å². The molecule has 0 aliphatic heterocycles. The Morgan fingerprint density at radius 2 is 1.62 bits per heavy atom. The summed E-state index contributed by atoms with van der Waals surface area (Å²) in [5, 5.41) is 5.93. The lowest BCUT2D eigenvalue weighted by Gasteiger charge is -2.09. The number of ketones is 1. The predicted octanol–water partition coefficient (Wildman–Crippen LogP) is 4.65. The first-order valence-electron chi connectivity index (χ1n) is 7.05. The van der Waals surface area contributed by atoms with Gasteiger partial charge in [-0.25, -0.2) is 0 Å². The first-order chi connectivity index (χ1) is 10.2. The van der Waals surface area contributed by atoms with Crippen LogP contribution in [0.1, 0.15) is 22.8 Å². The number of hydrogen-bond acceptors (Lipinski definition) is 2. The summed E-state index contributed by atoms with van der Waals surface area (Å²) in [5.41, 5.74) is 3.03. The largest absolute Gasteiger partial charge is 0.381 e. The maximum absolute atomic E-state index is 11.3. The second-order valence-corrected chi connectivity index (χ2v) is 5.13. The van der Waals surface area contributed by atoms with Crippen molar-refractivity contribution in [1.82, 2.24) is 0 Å². The number of Topliss-reactive ketones (excluding diaryl/α,β-unsaturated/α-hetero) is 1. The highest BCUT2D eigenvalue weighted by Gasteiger charge is 2.01. The van der Waals surface area contributed by atoms with Crippen LogP contribution in [0.2, 0.25) is 0 Å². The van der Waals surface area contributed by atoms with Gasteiger partial charge in [0.1, 0.15) is 0 Å². The Kier molecular flexibility index (Phi) is 3.69. The number of fused-ring (bicyclic) bond motifs is 1. The van der Waals surface area contributed by atoms with Gasteiger partial charge in [0.2, 0.25) is 0 Å². The molecule has 3 aromatic rings. The highest BCUT2D eigenvalue weighted by Crippen LogP contribution is 2.20. The Morgan fingerprint density at radius 3 is 2.38 bits per heavy atom. The zero-order chi connectivity index (χ0) is 14.7. The minimum atomic E-state index is 0.0932. The highest BCUT2D eigenvalue weighted by atomic mass is 16.1. The molecule has 3 aromatic carbocycles. The van der Waals surface area contributed by atoms with Crippen LogP contribution in [-0.4, -0.2) is 5.78 Å². The van der Waals surface area contributed by atoms with Crippen molar-refractivity contribution in [1.29, 1.82) is 0 Å². The average Bonchev–Trinajstić information content (AvgIpc) is 2.53. The molecule has 2 nitrogen and oxygen atoms in total. The lowest BCUT2D eigenvalue weighted by atomic mass is 10.0. The third kappa shape index (κ3) is 2.95. The third-order valence-electron chi connectivity index (χ3n) is 3.65. The van der Waals surface area contributed by atoms with Crippen LogP contribution in [-0.2, 0) is 6.54 Å². The molecule has 0 atom stereocenters. The molecule has 0 saturated carbocycles. The molecule has 0 aliphatic rings. The molecule has 1 N–H and O–H groups in total. The monoisotopic (exact) mass is 275 g/mol. The van der Waals surface area contributed by atoms with Gasteiger partial charge in [-0.3, -0.25) is 4.79 Å². The molecule has 0 fully saturated rings. The lowest BCUT2D eigenvalue weighted by molar-refractivity contribution is 0.101. The van der Waals surface area contributed by atoms with Crippen LogP contribution in [0.3, 0.4) is 0 Å². The number of hydrogen-bond donors (Lipinski definition) is 1. The standard InChI is InChI=1S/C19H17NO/c1-14(21)15-9-11-18(12-10-15)20-13-17-7-4-6-16-5-2-3-8-19(16)17/h2-12,20H,13H2,1H3. The number of carbonyl (C=O) groups is 1. The molecule has 0 aromatic heterocycles. The number of benzene rings is 3. The molecule has 2 heteroatoms. The molecule has 0 bridgehead atoms. The van der Waals surface area contributed by atoms with Crippen LogP contribution in [0.25, 0.3) is 10.8 Å². The van der Waals surface area contributed by atoms with Gasteiger partial charge in [0.15, 0.2) is 5.78 Å². The highest BCUT2D eigenvalue weighted by molar-refractivity contribution is 5.94. The summed E-state index contributed by atoms with van der Waals surface area (Å²) in [6, 6.07) is 22.3. The first kappa shape index (κ1) is 13.4. The van der Waals surface area contributed by atoms with Crippen molar-refractivity contribution in [2.24, 2.45) is 0 Å². The van der Waals surface area contributed by atoms with E-state index < -0.39 is 0 Å². The molecule has 3 rings (SSSR count). The van der Waals surface area contributed by atoms with Crippen LogP contribution >= 0.6 is 0 Å². The maximum Gasteiger partial charge on any atom is 0.159 e. The predicted molar refractivity (Wildman–Crippen MR) is 87.7 cm³/mol. The fourth-order valence-electron chi connectivity index (χ4n) is 2.47. The van der Waals surface area contributed by atoms with Gasteiger partial charge < -0.3 is 5.32 Å². The Bertz CT molecular complexity index is 770. The maximum atomic E-state index is 11.3. The van der Waals surface area contributed by atoms with E-state index in [1.807, 2.05) is 24.3 Å². The zero-order valence-corrected chi connectivity index (χ0v) is 12.0. The minimum Gasteiger partial charge on any atom is -0.381 e. The molecule has 21 heavy (non-hydrogen) atoms. The van der Waals surface area contributed by atoms with Gasteiger partial charge in [0, 0.05) is 17.8 Å². The van der Waals surface area contributed by atoms with E-state index in [1.165, 1.54) is 16.3 Å². The summed E-state index contributed by atoms with van der Waals surface area (Å²) in [6.07, 6.45) is 0. The summed E-state index contributed by atoms with van der Waals surface area (Å²) in [4.78, 5) is 11.3. The van der Waals surface area contributed by atoms with Crippen LogP contribution < -0.4 is 5.32 Å². The third-order valence-corrected chi connectivity index (χ3v) is 3.65. The van der Waals surface area contributed by atoms with E-state index in [0.29, 0.717) is 0 Å². The number of nitrogens with one attached hydrogen (secondary N) is 1. The second-order valence-electron chi connectivity index (χ2n) is 5.13. The second kappa shape index (κ2) is 5.80. The van der Waals surface area contributed by atoms with Crippen LogP contribution in [0.5, 0.6) is 0 Å². The molecule has 104 valence electrons. The van der Waals surface area contributed by atoms with Crippen molar-refractivity contribution in [3.63, 3.8) is 0 Å². The Labute approximate surface area is 124 Å². The SMILES string of the molecule is CC(=O)c1ccc(NCc2cccc3ccccc23)cc1. The van der Waals surface area contributed by atoms with Crippen molar-refractivity contribution in [2.75, 3.05) is 5.32 Å². The smallest absolute Gasteiger partial charge is 0.159 e. The van der Waals surface area contributed by atoms with Crippen molar-refractivity contribution in [3.05, 3.63) is 77.9 Å². The zero-order valence-electron chi connectivity index (χ0n) is 12.0. The van der Waals surface area contributed by atoms with E-state index in [0.717, 1.165) is 17.8 Å². The van der Waals surface area contributed by atoms with Gasteiger partial charge >= 0.3 is 0 Å². The molecule has 0 saturated heterocycles. The summed E-state index contributed by atoms with van der Waals surface area (Å²) < 4.78 is 0. The van der Waals surface area contributed by atoms with Crippen molar-refractivity contribution >= 4 is 22.2 Å². The van der Waals surface area contributed by atoms with E-state index in [-0.39, 0.29) is 5.78 Å². The summed E-state index contributed by atoms with van der Waals surface area (Å²) in [7, 11) is 0. The van der Waals surface area contributed by atoms with Crippen LogP contribution in [0, 0.1) is 0 Å². The Hall–Kier alpha value is -2.61. The first-order valence-corrected chi connectivity index (χ1v) is 7.05. The molecule has 0 heterocycles. The van der Waals surface area contributed by atoms with E-state index in [4.69, 9.17) is 0 Å². The number of anilines is 1. The van der Waals surface area contributed by atoms with E-state index in [1.54, 1.807) is 6.92 Å². The average molecular weight is 275 g/mol. The van der Waals surface area contributed by atoms with Gasteiger partial charge in [0.05, 0.1) is 0 Å². The Morgan fingerprint density at radius 1 is 0.905 bits per heavy atom. The summed E-state index contributed by atoms with van der Waals surface area (Å²) >= 11 is 0. The summed E-state index contributed by atoms with van der Waals surface area (Å²) in [5.74, 6) is 0.0932. The van der Waals surface area contributed by atoms with Gasteiger partial charge in [-0.05, 0) is 47.5 Å². The minimum absolute atomic E-state index is 0.0932. The molecule has 0 unspecified atom stereocenters. The van der Waals surface area contributed by atoms with Crippen LogP contribution in [0.4, 0.5) is 5.69 Å². The molecule has 0 spiro atoms. The molecule has 0 amide bonds. The lowest BCUT2D eigenvalue weighted by Crippen LogP contribution is -2.00. The molecular weight excluding hydrogens is 258 g/mol. The summed E-state index contributed by atoms with van der Waals surface area (Å²) in [6.45, 7) is 2.35. The Balaban J connectivity index is 1.79. The molecule has 0 radical (unpaired) electrons. The van der Waals surface area contributed by atoms with E-state index in [2.05, 4.69) is 47.8 Å². The van der Waals surface area contributed by atoms with E-state index >= 15 is 0 Å². The van der Waals surface area contributed by atoms with E-state index in [9.17, 15) is 4.79 Å². The van der Waals surface area contributed by atoms with Crippen molar-refractivity contribution in [3.8, 4) is 0 Å².